The third kappa shape index (κ3) is 2.51. The summed E-state index contributed by atoms with van der Waals surface area (Å²) in [5, 5.41) is 14.6. The SMILES string of the molecule is Cc1cn(N=Cc2ccc([N+](=O)[O-])cc2)c(N)n1. The zero-order valence-corrected chi connectivity index (χ0v) is 9.65. The number of nitro benzene ring substituents is 1. The molecule has 1 heterocycles. The number of nitrogens with two attached hydrogens (primary N) is 1. The molecule has 1 aromatic heterocycles. The molecule has 7 nitrogen and oxygen atoms in total. The van der Waals surface area contributed by atoms with E-state index in [-0.39, 0.29) is 5.69 Å². The zero-order valence-electron chi connectivity index (χ0n) is 9.65. The largest absolute Gasteiger partial charge is 0.368 e. The maximum absolute atomic E-state index is 10.5. The molecule has 0 aliphatic rings. The van der Waals surface area contributed by atoms with Crippen LogP contribution in [0.3, 0.4) is 0 Å². The Morgan fingerprint density at radius 2 is 2.11 bits per heavy atom. The second-order valence-corrected chi connectivity index (χ2v) is 3.68. The number of hydrogen-bond donors (Lipinski definition) is 1. The number of benzene rings is 1. The predicted molar refractivity (Wildman–Crippen MR) is 67.5 cm³/mol. The van der Waals surface area contributed by atoms with Gasteiger partial charge in [0.05, 0.1) is 23.0 Å². The molecule has 2 N–H and O–H groups in total. The predicted octanol–water partition coefficient (Wildman–Crippen LogP) is 1.56. The van der Waals surface area contributed by atoms with Gasteiger partial charge in [-0.15, -0.1) is 0 Å². The first kappa shape index (κ1) is 11.8. The van der Waals surface area contributed by atoms with Gasteiger partial charge in [0.2, 0.25) is 5.95 Å². The number of aryl methyl sites for hydroxylation is 1. The van der Waals surface area contributed by atoms with E-state index in [1.807, 2.05) is 6.92 Å². The van der Waals surface area contributed by atoms with Gasteiger partial charge in [-0.1, -0.05) is 0 Å². The summed E-state index contributed by atoms with van der Waals surface area (Å²) in [5.74, 6) is 0.297. The molecule has 92 valence electrons. The lowest BCUT2D eigenvalue weighted by Crippen LogP contribution is -1.97. The maximum atomic E-state index is 10.5. The van der Waals surface area contributed by atoms with Crippen LogP contribution < -0.4 is 5.73 Å². The minimum atomic E-state index is -0.446. The van der Waals surface area contributed by atoms with Crippen LogP contribution in [0.1, 0.15) is 11.3 Å². The number of nitrogen functional groups attached to an aromatic ring is 1. The van der Waals surface area contributed by atoms with Crippen molar-refractivity contribution in [2.24, 2.45) is 5.10 Å². The Morgan fingerprint density at radius 1 is 1.44 bits per heavy atom. The van der Waals surface area contributed by atoms with E-state index >= 15 is 0 Å². The fraction of sp³-hybridized carbons (Fsp3) is 0.0909. The molecule has 2 aromatic rings. The summed E-state index contributed by atoms with van der Waals surface area (Å²) in [6.07, 6.45) is 3.25. The maximum Gasteiger partial charge on any atom is 0.269 e. The summed E-state index contributed by atoms with van der Waals surface area (Å²) < 4.78 is 1.44. The molecule has 0 spiro atoms. The third-order valence-corrected chi connectivity index (χ3v) is 2.27. The minimum absolute atomic E-state index is 0.0464. The number of nitrogens with zero attached hydrogens (tertiary/aromatic N) is 4. The first-order chi connectivity index (χ1) is 8.56. The number of nitro groups is 1. The van der Waals surface area contributed by atoms with E-state index < -0.39 is 4.92 Å². The zero-order chi connectivity index (χ0) is 13.1. The van der Waals surface area contributed by atoms with Gasteiger partial charge < -0.3 is 5.73 Å². The third-order valence-electron chi connectivity index (χ3n) is 2.27. The fourth-order valence-corrected chi connectivity index (χ4v) is 1.41. The summed E-state index contributed by atoms with van der Waals surface area (Å²) >= 11 is 0. The summed E-state index contributed by atoms with van der Waals surface area (Å²) in [6, 6.07) is 6.07. The molecule has 0 aliphatic carbocycles. The Morgan fingerprint density at radius 3 is 2.61 bits per heavy atom. The molecule has 0 bridgehead atoms. The number of hydrogen-bond acceptors (Lipinski definition) is 5. The lowest BCUT2D eigenvalue weighted by atomic mass is 10.2. The van der Waals surface area contributed by atoms with Crippen molar-refractivity contribution in [1.29, 1.82) is 0 Å². The number of non-ortho nitro benzene ring substituents is 1. The van der Waals surface area contributed by atoms with Crippen molar-refractivity contribution in [2.45, 2.75) is 6.92 Å². The number of rotatable bonds is 3. The van der Waals surface area contributed by atoms with Crippen LogP contribution in [0.5, 0.6) is 0 Å². The van der Waals surface area contributed by atoms with Crippen molar-refractivity contribution in [3.63, 3.8) is 0 Å². The normalized spacial score (nSPS) is 10.9. The van der Waals surface area contributed by atoms with Gasteiger partial charge in [-0.2, -0.15) is 5.10 Å². The van der Waals surface area contributed by atoms with Crippen molar-refractivity contribution in [2.75, 3.05) is 5.73 Å². The van der Waals surface area contributed by atoms with E-state index in [1.165, 1.54) is 16.8 Å². The highest BCUT2D eigenvalue weighted by atomic mass is 16.6. The van der Waals surface area contributed by atoms with Crippen LogP contribution >= 0.6 is 0 Å². The second-order valence-electron chi connectivity index (χ2n) is 3.68. The monoisotopic (exact) mass is 245 g/mol. The Labute approximate surface area is 103 Å². The molecule has 1 aromatic carbocycles. The lowest BCUT2D eigenvalue weighted by Gasteiger charge is -1.95. The molecule has 2 rings (SSSR count). The van der Waals surface area contributed by atoms with Crippen LogP contribution in [0.2, 0.25) is 0 Å². The van der Waals surface area contributed by atoms with Gasteiger partial charge in [0.25, 0.3) is 5.69 Å². The Kier molecular flexibility index (Phi) is 3.05. The molecule has 0 unspecified atom stereocenters. The van der Waals surface area contributed by atoms with Gasteiger partial charge in [0, 0.05) is 12.1 Å². The quantitative estimate of drug-likeness (QED) is 0.504. The summed E-state index contributed by atoms with van der Waals surface area (Å²) in [6.45, 7) is 1.81. The van der Waals surface area contributed by atoms with Crippen molar-refractivity contribution in [1.82, 2.24) is 9.66 Å². The summed E-state index contributed by atoms with van der Waals surface area (Å²) in [7, 11) is 0. The summed E-state index contributed by atoms with van der Waals surface area (Å²) in [4.78, 5) is 14.0. The van der Waals surface area contributed by atoms with E-state index in [9.17, 15) is 10.1 Å². The van der Waals surface area contributed by atoms with E-state index in [0.717, 1.165) is 11.3 Å². The molecule has 0 saturated heterocycles. The highest BCUT2D eigenvalue weighted by Gasteiger charge is 2.03. The number of aromatic nitrogens is 2. The molecule has 0 atom stereocenters. The molecule has 0 aliphatic heterocycles. The first-order valence-corrected chi connectivity index (χ1v) is 5.16. The van der Waals surface area contributed by atoms with E-state index in [0.29, 0.717) is 5.95 Å². The highest BCUT2D eigenvalue weighted by molar-refractivity contribution is 5.79. The Bertz CT molecular complexity index is 600. The molecule has 0 fully saturated rings. The fourth-order valence-electron chi connectivity index (χ4n) is 1.41. The van der Waals surface area contributed by atoms with Crippen LogP contribution in [-0.2, 0) is 0 Å². The smallest absolute Gasteiger partial charge is 0.269 e. The Hall–Kier alpha value is -2.70. The molecule has 0 amide bonds. The van der Waals surface area contributed by atoms with Crippen LogP contribution in [0.15, 0.2) is 35.6 Å². The average molecular weight is 245 g/mol. The van der Waals surface area contributed by atoms with Gasteiger partial charge in [0.1, 0.15) is 0 Å². The van der Waals surface area contributed by atoms with Gasteiger partial charge in [-0.05, 0) is 24.6 Å². The van der Waals surface area contributed by atoms with Gasteiger partial charge >= 0.3 is 0 Å². The van der Waals surface area contributed by atoms with E-state index in [2.05, 4.69) is 10.1 Å². The van der Waals surface area contributed by atoms with Gasteiger partial charge in [-0.25, -0.2) is 9.66 Å². The number of anilines is 1. The number of imidazole rings is 1. The molecule has 18 heavy (non-hydrogen) atoms. The van der Waals surface area contributed by atoms with E-state index in [1.54, 1.807) is 24.5 Å². The topological polar surface area (TPSA) is 99.3 Å². The first-order valence-electron chi connectivity index (χ1n) is 5.16. The van der Waals surface area contributed by atoms with E-state index in [4.69, 9.17) is 5.73 Å². The minimum Gasteiger partial charge on any atom is -0.368 e. The molecular weight excluding hydrogens is 234 g/mol. The average Bonchev–Trinajstić information content (AvgIpc) is 2.66. The van der Waals surface area contributed by atoms with Gasteiger partial charge in [0.15, 0.2) is 0 Å². The Balaban J connectivity index is 2.18. The standard InChI is InChI=1S/C11H11N5O2/c1-8-7-15(11(12)14-8)13-6-9-2-4-10(5-3-9)16(17)18/h2-7H,1H3,(H2,12,14). The molecule has 0 radical (unpaired) electrons. The lowest BCUT2D eigenvalue weighted by molar-refractivity contribution is -0.384. The molecular formula is C11H11N5O2. The van der Waals surface area contributed by atoms with Crippen LogP contribution in [0.4, 0.5) is 11.6 Å². The van der Waals surface area contributed by atoms with Crippen LogP contribution in [0, 0.1) is 17.0 Å². The summed E-state index contributed by atoms with van der Waals surface area (Å²) in [5.41, 5.74) is 7.18. The van der Waals surface area contributed by atoms with Crippen LogP contribution in [-0.4, -0.2) is 20.8 Å². The van der Waals surface area contributed by atoms with Crippen molar-refractivity contribution in [3.05, 3.63) is 51.8 Å². The van der Waals surface area contributed by atoms with Gasteiger partial charge in [-0.3, -0.25) is 10.1 Å². The van der Waals surface area contributed by atoms with Crippen LogP contribution in [0.25, 0.3) is 0 Å². The second kappa shape index (κ2) is 4.66. The van der Waals surface area contributed by atoms with Crippen molar-refractivity contribution >= 4 is 17.9 Å². The molecule has 7 heteroatoms. The van der Waals surface area contributed by atoms with Crippen molar-refractivity contribution < 1.29 is 4.92 Å². The van der Waals surface area contributed by atoms with Crippen molar-refractivity contribution in [3.8, 4) is 0 Å². The molecule has 0 saturated carbocycles. The highest BCUT2D eigenvalue weighted by Crippen LogP contribution is 2.11.